The van der Waals surface area contributed by atoms with E-state index in [1.54, 1.807) is 38.5 Å². The van der Waals surface area contributed by atoms with Gasteiger partial charge in [-0.2, -0.15) is 0 Å². The second kappa shape index (κ2) is 13.8. The molecule has 0 bridgehead atoms. The molecule has 1 aromatic carbocycles. The van der Waals surface area contributed by atoms with Gasteiger partial charge in [0.15, 0.2) is 0 Å². The van der Waals surface area contributed by atoms with Crippen molar-refractivity contribution in [3.05, 3.63) is 66.8 Å². The first kappa shape index (κ1) is 29.0. The van der Waals surface area contributed by atoms with E-state index in [4.69, 9.17) is 0 Å². The lowest BCUT2D eigenvalue weighted by Gasteiger charge is -2.56. The molecule has 0 heterocycles. The number of benzene rings is 1. The predicted molar refractivity (Wildman–Crippen MR) is 161 cm³/mol. The zero-order valence-corrected chi connectivity index (χ0v) is 24.4. The molecule has 0 saturated heterocycles. The minimum atomic E-state index is 0.712. The predicted octanol–water partition coefficient (Wildman–Crippen LogP) is 11.3. The molecule has 0 aromatic heterocycles. The van der Waals surface area contributed by atoms with E-state index >= 15 is 0 Å². The highest BCUT2D eigenvalue weighted by atomic mass is 14.6. The van der Waals surface area contributed by atoms with Crippen LogP contribution in [0.15, 0.2) is 61.2 Å². The van der Waals surface area contributed by atoms with E-state index in [0.29, 0.717) is 5.41 Å². The third-order valence-electron chi connectivity index (χ3n) is 10.9. The number of hydrogen-bond donors (Lipinski definition) is 0. The molecular weight excluding hydrogens is 432 g/mol. The lowest BCUT2D eigenvalue weighted by molar-refractivity contribution is -0.0580. The smallest absolute Gasteiger partial charge is 0.0231 e. The molecule has 5 rings (SSSR count). The van der Waals surface area contributed by atoms with Crippen LogP contribution in [0.2, 0.25) is 0 Å². The maximum absolute atomic E-state index is 3.00. The fraction of sp³-hybridized carbons (Fsp3) is 0.667. The van der Waals surface area contributed by atoms with Gasteiger partial charge in [0.05, 0.1) is 0 Å². The van der Waals surface area contributed by atoms with E-state index in [2.05, 4.69) is 84.2 Å². The Labute approximate surface area is 224 Å². The van der Waals surface area contributed by atoms with Gasteiger partial charge in [0.25, 0.3) is 0 Å². The Morgan fingerprint density at radius 1 is 0.944 bits per heavy atom. The summed E-state index contributed by atoms with van der Waals surface area (Å²) in [5.41, 5.74) is 5.18. The van der Waals surface area contributed by atoms with Crippen molar-refractivity contribution < 1.29 is 0 Å². The molecule has 2 unspecified atom stereocenters. The number of unbranched alkanes of at least 4 members (excludes halogenated alkanes) is 1. The lowest BCUT2D eigenvalue weighted by atomic mass is 9.49. The van der Waals surface area contributed by atoms with E-state index in [9.17, 15) is 0 Å². The topological polar surface area (TPSA) is 0 Å². The zero-order valence-electron chi connectivity index (χ0n) is 24.4. The highest BCUT2D eigenvalue weighted by Gasteiger charge is 2.56. The first-order chi connectivity index (χ1) is 17.5. The first-order valence-electron chi connectivity index (χ1n) is 15.4. The summed E-state index contributed by atoms with van der Waals surface area (Å²) in [6.45, 7) is 17.6. The van der Waals surface area contributed by atoms with Gasteiger partial charge in [-0.1, -0.05) is 81.7 Å². The van der Waals surface area contributed by atoms with E-state index in [1.807, 2.05) is 11.6 Å². The van der Waals surface area contributed by atoms with E-state index in [-0.39, 0.29) is 0 Å². The van der Waals surface area contributed by atoms with Crippen LogP contribution in [0.5, 0.6) is 0 Å². The SMILES string of the molecule is C=C.CC=C(C)c1ccccc1.CCC/C=C1\CCC2[C@H](CC[C@@H]3[C@@H]2CC[C@]2(C)C(CC)CC[C@@H]32)C1. The molecule has 4 fully saturated rings. The van der Waals surface area contributed by atoms with E-state index in [1.165, 1.54) is 49.7 Å². The molecule has 0 heteroatoms. The quantitative estimate of drug-likeness (QED) is 0.370. The maximum Gasteiger partial charge on any atom is -0.0231 e. The number of fused-ring (bicyclic) bond motifs is 5. The minimum absolute atomic E-state index is 0.712. The summed E-state index contributed by atoms with van der Waals surface area (Å²) in [5.74, 6) is 6.46. The lowest BCUT2D eigenvalue weighted by Crippen LogP contribution is -2.48. The van der Waals surface area contributed by atoms with Gasteiger partial charge in [-0.15, -0.1) is 13.2 Å². The average Bonchev–Trinajstić information content (AvgIpc) is 3.29. The Hall–Kier alpha value is -1.56. The second-order valence-electron chi connectivity index (χ2n) is 12.4. The van der Waals surface area contributed by atoms with Crippen molar-refractivity contribution in [1.29, 1.82) is 0 Å². The van der Waals surface area contributed by atoms with Crippen molar-refractivity contribution in [2.75, 3.05) is 0 Å². The molecule has 4 saturated carbocycles. The summed E-state index contributed by atoms with van der Waals surface area (Å²) in [4.78, 5) is 0. The molecule has 0 nitrogen and oxygen atoms in total. The molecule has 7 atom stereocenters. The molecule has 1 aromatic rings. The van der Waals surface area contributed by atoms with Gasteiger partial charge >= 0.3 is 0 Å². The highest BCUT2D eigenvalue weighted by molar-refractivity contribution is 5.62. The van der Waals surface area contributed by atoms with Crippen molar-refractivity contribution in [3.63, 3.8) is 0 Å². The molecule has 0 aliphatic heterocycles. The summed E-state index contributed by atoms with van der Waals surface area (Å²) in [6.07, 6.45) is 22.6. The van der Waals surface area contributed by atoms with Crippen LogP contribution in [0.1, 0.15) is 117 Å². The molecule has 4 aliphatic carbocycles. The number of hydrogen-bond acceptors (Lipinski definition) is 0. The standard InChI is InChI=1S/C24H40.C10H12.C2H4/c1-4-6-7-17-8-11-20-18(16-17)9-12-22-21(20)14-15-24(3)19(5-2)10-13-23(22)24;1-3-9(2)10-7-5-4-6-8-10;1-2/h7,18-23H,4-6,8-16H2,1-3H3;3-8H,1-2H3;1-2H2/b17-7+;;/t18-,19?,20?,21-,22-,23+,24-;;/m1../s1. The molecule has 0 N–H and O–H groups in total. The average molecular weight is 489 g/mol. The first-order valence-corrected chi connectivity index (χ1v) is 15.4. The minimum Gasteiger partial charge on any atom is -0.106 e. The van der Waals surface area contributed by atoms with Crippen LogP contribution in [0.25, 0.3) is 5.57 Å². The summed E-state index contributed by atoms with van der Waals surface area (Å²) in [6, 6.07) is 10.4. The summed E-state index contributed by atoms with van der Waals surface area (Å²) < 4.78 is 0. The fourth-order valence-corrected chi connectivity index (χ4v) is 8.91. The Kier molecular flexibility index (Phi) is 11.1. The molecule has 4 aliphatic rings. The molecule has 200 valence electrons. The molecule has 36 heavy (non-hydrogen) atoms. The normalized spacial score (nSPS) is 36.4. The van der Waals surface area contributed by atoms with Gasteiger partial charge in [0, 0.05) is 0 Å². The Morgan fingerprint density at radius 3 is 2.36 bits per heavy atom. The molecule has 0 spiro atoms. The van der Waals surface area contributed by atoms with Gasteiger partial charge in [-0.3, -0.25) is 0 Å². The van der Waals surface area contributed by atoms with Crippen LogP contribution >= 0.6 is 0 Å². The zero-order chi connectivity index (χ0) is 26.1. The highest BCUT2D eigenvalue weighted by Crippen LogP contribution is 2.64. The Bertz CT molecular complexity index is 844. The number of allylic oxidation sites excluding steroid dienone is 4. The van der Waals surface area contributed by atoms with Crippen LogP contribution in [0.3, 0.4) is 0 Å². The third kappa shape index (κ3) is 6.28. The Morgan fingerprint density at radius 2 is 1.69 bits per heavy atom. The Balaban J connectivity index is 0.000000253. The van der Waals surface area contributed by atoms with Gasteiger partial charge in [-0.05, 0) is 130 Å². The van der Waals surface area contributed by atoms with Gasteiger partial charge < -0.3 is 0 Å². The summed E-state index contributed by atoms with van der Waals surface area (Å²) in [5, 5.41) is 0. The summed E-state index contributed by atoms with van der Waals surface area (Å²) >= 11 is 0. The van der Waals surface area contributed by atoms with Crippen LogP contribution in [-0.4, -0.2) is 0 Å². The van der Waals surface area contributed by atoms with Crippen LogP contribution in [-0.2, 0) is 0 Å². The van der Waals surface area contributed by atoms with Crippen LogP contribution < -0.4 is 0 Å². The van der Waals surface area contributed by atoms with Gasteiger partial charge in [-0.25, -0.2) is 0 Å². The van der Waals surface area contributed by atoms with Gasteiger partial charge in [0.1, 0.15) is 0 Å². The monoisotopic (exact) mass is 488 g/mol. The second-order valence-corrected chi connectivity index (χ2v) is 12.4. The van der Waals surface area contributed by atoms with Crippen molar-refractivity contribution in [2.24, 2.45) is 40.9 Å². The molecular formula is C36H56. The van der Waals surface area contributed by atoms with E-state index in [0.717, 1.165) is 35.5 Å². The van der Waals surface area contributed by atoms with Crippen LogP contribution in [0, 0.1) is 40.9 Å². The van der Waals surface area contributed by atoms with Crippen molar-refractivity contribution in [3.8, 4) is 0 Å². The molecule has 0 amide bonds. The van der Waals surface area contributed by atoms with Crippen molar-refractivity contribution in [2.45, 2.75) is 112 Å². The van der Waals surface area contributed by atoms with Crippen molar-refractivity contribution >= 4 is 5.57 Å². The largest absolute Gasteiger partial charge is 0.106 e. The van der Waals surface area contributed by atoms with Crippen molar-refractivity contribution in [1.82, 2.24) is 0 Å². The fourth-order valence-electron chi connectivity index (χ4n) is 8.91. The van der Waals surface area contributed by atoms with Gasteiger partial charge in [0.2, 0.25) is 0 Å². The summed E-state index contributed by atoms with van der Waals surface area (Å²) in [7, 11) is 0. The maximum atomic E-state index is 3.00. The third-order valence-corrected chi connectivity index (χ3v) is 10.9. The van der Waals surface area contributed by atoms with E-state index < -0.39 is 0 Å². The molecule has 0 radical (unpaired) electrons. The number of rotatable bonds is 4. The van der Waals surface area contributed by atoms with Crippen LogP contribution in [0.4, 0.5) is 0 Å².